The van der Waals surface area contributed by atoms with E-state index in [9.17, 15) is 4.79 Å². The number of aryl methyl sites for hydroxylation is 1. The number of pyridine rings is 1. The molecule has 0 unspecified atom stereocenters. The van der Waals surface area contributed by atoms with E-state index in [4.69, 9.17) is 0 Å². The number of carbonyl (C=O) groups is 1. The molecule has 26 heavy (non-hydrogen) atoms. The highest BCUT2D eigenvalue weighted by Crippen LogP contribution is 2.23. The number of nitrogens with one attached hydrogen (secondary N) is 2. The van der Waals surface area contributed by atoms with Crippen LogP contribution in [0.25, 0.3) is 10.8 Å². The molecule has 136 valence electrons. The first-order chi connectivity index (χ1) is 12.2. The van der Waals surface area contributed by atoms with E-state index in [1.807, 2.05) is 30.3 Å². The molecule has 1 aromatic carbocycles. The Hall–Kier alpha value is -2.51. The Labute approximate surface area is 157 Å². The van der Waals surface area contributed by atoms with Gasteiger partial charge >= 0.3 is 0 Å². The van der Waals surface area contributed by atoms with Gasteiger partial charge in [-0.05, 0) is 37.4 Å². The van der Waals surface area contributed by atoms with Crippen molar-refractivity contribution in [1.29, 1.82) is 0 Å². The van der Waals surface area contributed by atoms with E-state index in [0.29, 0.717) is 17.6 Å². The molecule has 0 atom stereocenters. The summed E-state index contributed by atoms with van der Waals surface area (Å²) in [6.45, 7) is 1.95. The molecule has 2 N–H and O–H groups in total. The van der Waals surface area contributed by atoms with Gasteiger partial charge in [0.2, 0.25) is 5.95 Å². The van der Waals surface area contributed by atoms with Crippen LogP contribution in [0.4, 0.5) is 5.95 Å². The van der Waals surface area contributed by atoms with Crippen LogP contribution in [0, 0.1) is 0 Å². The van der Waals surface area contributed by atoms with Crippen molar-refractivity contribution in [2.24, 2.45) is 7.05 Å². The fraction of sp³-hybridized carbons (Fsp3) is 0.333. The molecule has 2 aromatic heterocycles. The van der Waals surface area contributed by atoms with Gasteiger partial charge in [0.1, 0.15) is 5.69 Å². The monoisotopic (exact) mass is 372 g/mol. The summed E-state index contributed by atoms with van der Waals surface area (Å²) in [5.41, 5.74) is 0.393. The van der Waals surface area contributed by atoms with Crippen molar-refractivity contribution < 1.29 is 4.79 Å². The van der Waals surface area contributed by atoms with Crippen molar-refractivity contribution in [3.63, 3.8) is 0 Å². The van der Waals surface area contributed by atoms with Gasteiger partial charge in [-0.2, -0.15) is 10.1 Å². The predicted octanol–water partition coefficient (Wildman–Crippen LogP) is 2.50. The summed E-state index contributed by atoms with van der Waals surface area (Å²) in [6.07, 6.45) is 3.68. The molecular weight excluding hydrogens is 352 g/mol. The molecule has 1 fully saturated rings. The average Bonchev–Trinajstić information content (AvgIpc) is 3.02. The van der Waals surface area contributed by atoms with E-state index in [1.54, 1.807) is 17.9 Å². The third kappa shape index (κ3) is 3.54. The third-order valence-electron chi connectivity index (χ3n) is 4.60. The van der Waals surface area contributed by atoms with Crippen molar-refractivity contribution in [1.82, 2.24) is 25.1 Å². The molecule has 7 nitrogen and oxygen atoms in total. The lowest BCUT2D eigenvalue weighted by Gasteiger charge is -2.19. The van der Waals surface area contributed by atoms with Gasteiger partial charge in [0.25, 0.3) is 5.91 Å². The highest BCUT2D eigenvalue weighted by Gasteiger charge is 2.22. The van der Waals surface area contributed by atoms with Crippen LogP contribution in [0.2, 0.25) is 0 Å². The van der Waals surface area contributed by atoms with E-state index < -0.39 is 0 Å². The lowest BCUT2D eigenvalue weighted by molar-refractivity contribution is 0.102. The van der Waals surface area contributed by atoms with Crippen LogP contribution in [-0.4, -0.2) is 38.7 Å². The summed E-state index contributed by atoms with van der Waals surface area (Å²) in [7, 11) is 1.80. The largest absolute Gasteiger partial charge is 0.317 e. The normalized spacial score (nSPS) is 14.8. The summed E-state index contributed by atoms with van der Waals surface area (Å²) < 4.78 is 1.63. The summed E-state index contributed by atoms with van der Waals surface area (Å²) in [6, 6.07) is 9.60. The third-order valence-corrected chi connectivity index (χ3v) is 4.60. The number of aromatic nitrogens is 4. The molecule has 0 bridgehead atoms. The molecule has 0 spiro atoms. The van der Waals surface area contributed by atoms with Crippen LogP contribution < -0.4 is 10.6 Å². The molecule has 0 saturated carbocycles. The van der Waals surface area contributed by atoms with Crippen LogP contribution >= 0.6 is 12.4 Å². The zero-order valence-electron chi connectivity index (χ0n) is 14.5. The van der Waals surface area contributed by atoms with Gasteiger partial charge in [0, 0.05) is 24.5 Å². The van der Waals surface area contributed by atoms with Crippen molar-refractivity contribution in [2.45, 2.75) is 18.8 Å². The number of halogens is 1. The molecule has 0 aliphatic carbocycles. The number of fused-ring (bicyclic) bond motifs is 1. The first kappa shape index (κ1) is 18.3. The molecule has 1 aliphatic rings. The summed E-state index contributed by atoms with van der Waals surface area (Å²) in [5.74, 6) is 1.32. The van der Waals surface area contributed by atoms with Crippen molar-refractivity contribution >= 4 is 35.0 Å². The Morgan fingerprint density at radius 3 is 2.81 bits per heavy atom. The van der Waals surface area contributed by atoms with Gasteiger partial charge < -0.3 is 5.32 Å². The maximum Gasteiger partial charge on any atom is 0.277 e. The van der Waals surface area contributed by atoms with Crippen molar-refractivity contribution in [3.8, 4) is 0 Å². The predicted molar refractivity (Wildman–Crippen MR) is 103 cm³/mol. The molecule has 0 radical (unpaired) electrons. The Balaban J connectivity index is 0.00000196. The summed E-state index contributed by atoms with van der Waals surface area (Å²) >= 11 is 0. The number of amides is 1. The van der Waals surface area contributed by atoms with Crippen LogP contribution in [-0.2, 0) is 7.05 Å². The number of hydrogen-bond acceptors (Lipinski definition) is 5. The lowest BCUT2D eigenvalue weighted by Crippen LogP contribution is -2.27. The fourth-order valence-corrected chi connectivity index (χ4v) is 3.23. The first-order valence-electron chi connectivity index (χ1n) is 8.49. The SMILES string of the molecule is Cl.Cn1nc(C2CCNCC2)nc1NC(=O)c1nccc2ccccc12. The second-order valence-electron chi connectivity index (χ2n) is 6.28. The topological polar surface area (TPSA) is 84.7 Å². The Morgan fingerprint density at radius 1 is 1.23 bits per heavy atom. The van der Waals surface area contributed by atoms with Crippen LogP contribution in [0.3, 0.4) is 0 Å². The van der Waals surface area contributed by atoms with Gasteiger partial charge in [-0.1, -0.05) is 24.3 Å². The molecule has 1 saturated heterocycles. The van der Waals surface area contributed by atoms with Gasteiger partial charge in [0.15, 0.2) is 5.82 Å². The molecule has 8 heteroatoms. The quantitative estimate of drug-likeness (QED) is 0.737. The highest BCUT2D eigenvalue weighted by atomic mass is 35.5. The number of anilines is 1. The second-order valence-corrected chi connectivity index (χ2v) is 6.28. The molecule has 4 rings (SSSR count). The molecule has 3 heterocycles. The number of rotatable bonds is 3. The zero-order valence-corrected chi connectivity index (χ0v) is 15.3. The minimum Gasteiger partial charge on any atom is -0.317 e. The van der Waals surface area contributed by atoms with Crippen LogP contribution in [0.15, 0.2) is 36.5 Å². The number of nitrogens with zero attached hydrogens (tertiary/aromatic N) is 4. The van der Waals surface area contributed by atoms with E-state index in [-0.39, 0.29) is 18.3 Å². The number of carbonyl (C=O) groups excluding carboxylic acids is 1. The Kier molecular flexibility index (Phi) is 5.49. The van der Waals surface area contributed by atoms with Gasteiger partial charge in [0.05, 0.1) is 0 Å². The molecule has 1 amide bonds. The maximum absolute atomic E-state index is 12.7. The molecule has 1 aliphatic heterocycles. The van der Waals surface area contributed by atoms with E-state index >= 15 is 0 Å². The molecule has 3 aromatic rings. The second kappa shape index (κ2) is 7.80. The Morgan fingerprint density at radius 2 is 2.00 bits per heavy atom. The molecular formula is C18H21ClN6O. The smallest absolute Gasteiger partial charge is 0.277 e. The Bertz CT molecular complexity index is 914. The first-order valence-corrected chi connectivity index (χ1v) is 8.49. The van der Waals surface area contributed by atoms with E-state index in [0.717, 1.165) is 42.5 Å². The average molecular weight is 373 g/mol. The van der Waals surface area contributed by atoms with Crippen molar-refractivity contribution in [3.05, 3.63) is 48.0 Å². The van der Waals surface area contributed by atoms with Crippen LogP contribution in [0.1, 0.15) is 35.1 Å². The number of benzene rings is 1. The summed E-state index contributed by atoms with van der Waals surface area (Å²) in [5, 5.41) is 12.5. The van der Waals surface area contributed by atoms with Gasteiger partial charge in [-0.15, -0.1) is 12.4 Å². The van der Waals surface area contributed by atoms with Crippen LogP contribution in [0.5, 0.6) is 0 Å². The van der Waals surface area contributed by atoms with E-state index in [1.165, 1.54) is 0 Å². The van der Waals surface area contributed by atoms with Crippen molar-refractivity contribution in [2.75, 3.05) is 18.4 Å². The lowest BCUT2D eigenvalue weighted by atomic mass is 9.98. The minimum absolute atomic E-state index is 0. The zero-order chi connectivity index (χ0) is 17.2. The number of piperidine rings is 1. The van der Waals surface area contributed by atoms with Gasteiger partial charge in [-0.25, -0.2) is 4.68 Å². The maximum atomic E-state index is 12.7. The standard InChI is InChI=1S/C18H20N6O.ClH/c1-24-18(21-16(23-24)13-6-9-19-10-7-13)22-17(25)15-14-5-3-2-4-12(14)8-11-20-15;/h2-5,8,11,13,19H,6-7,9-10H2,1H3,(H,21,22,23,25);1H. The number of hydrogen-bond donors (Lipinski definition) is 2. The fourth-order valence-electron chi connectivity index (χ4n) is 3.23. The highest BCUT2D eigenvalue weighted by molar-refractivity contribution is 6.10. The summed E-state index contributed by atoms with van der Waals surface area (Å²) in [4.78, 5) is 21.5. The van der Waals surface area contributed by atoms with Gasteiger partial charge in [-0.3, -0.25) is 15.1 Å². The minimum atomic E-state index is -0.274. The van der Waals surface area contributed by atoms with E-state index in [2.05, 4.69) is 25.7 Å².